The molecule has 25 heavy (non-hydrogen) atoms. The molecule has 0 aliphatic heterocycles. The van der Waals surface area contributed by atoms with Crippen molar-refractivity contribution in [3.05, 3.63) is 34.9 Å². The second-order valence-corrected chi connectivity index (χ2v) is 7.19. The Morgan fingerprint density at radius 3 is 2.92 bits per heavy atom. The highest BCUT2D eigenvalue weighted by molar-refractivity contribution is 8.04. The average molecular weight is 359 g/mol. The van der Waals surface area contributed by atoms with Gasteiger partial charge in [-0.25, -0.2) is 0 Å². The van der Waals surface area contributed by atoms with E-state index in [1.807, 2.05) is 24.5 Å². The summed E-state index contributed by atoms with van der Waals surface area (Å²) in [5.74, 6) is 0.957. The highest BCUT2D eigenvalue weighted by atomic mass is 32.2. The summed E-state index contributed by atoms with van der Waals surface area (Å²) in [5.41, 5.74) is 0.734. The third-order valence-electron chi connectivity index (χ3n) is 4.43. The van der Waals surface area contributed by atoms with Crippen LogP contribution in [0.15, 0.2) is 29.2 Å². The van der Waals surface area contributed by atoms with Crippen LogP contribution in [0.5, 0.6) is 0 Å². The van der Waals surface area contributed by atoms with E-state index in [0.717, 1.165) is 37.3 Å². The molecule has 0 radical (unpaired) electrons. The first kappa shape index (κ1) is 19.3. The van der Waals surface area contributed by atoms with Crippen LogP contribution in [0, 0.1) is 23.2 Å². The number of carbonyl (C=O) groups is 1. The van der Waals surface area contributed by atoms with Gasteiger partial charge in [-0.2, -0.15) is 20.3 Å². The minimum atomic E-state index is -0.163. The largest absolute Gasteiger partial charge is 0.344 e. The summed E-state index contributed by atoms with van der Waals surface area (Å²) in [6.07, 6.45) is 9.59. The molecule has 1 fully saturated rings. The lowest BCUT2D eigenvalue weighted by Crippen LogP contribution is -2.34. The number of rotatable bonds is 7. The highest BCUT2D eigenvalue weighted by Crippen LogP contribution is 2.36. The van der Waals surface area contributed by atoms with Gasteiger partial charge in [0, 0.05) is 6.08 Å². The van der Waals surface area contributed by atoms with E-state index in [-0.39, 0.29) is 18.5 Å². The third-order valence-corrected chi connectivity index (χ3v) is 5.15. The molecule has 6 nitrogen and oxygen atoms in total. The summed E-state index contributed by atoms with van der Waals surface area (Å²) >= 11 is 1.46. The molecular formula is C18H25N5OS. The van der Waals surface area contributed by atoms with Crippen LogP contribution in [0.2, 0.25) is 0 Å². The lowest BCUT2D eigenvalue weighted by Gasteiger charge is -2.32. The van der Waals surface area contributed by atoms with E-state index >= 15 is 0 Å². The Balaban J connectivity index is 2.09. The van der Waals surface area contributed by atoms with Crippen molar-refractivity contribution in [2.75, 3.05) is 0 Å². The van der Waals surface area contributed by atoms with E-state index < -0.39 is 0 Å². The molecular weight excluding hydrogens is 334 g/mol. The fourth-order valence-electron chi connectivity index (χ4n) is 3.07. The van der Waals surface area contributed by atoms with E-state index in [9.17, 15) is 4.79 Å². The van der Waals surface area contributed by atoms with Crippen molar-refractivity contribution in [1.82, 2.24) is 20.3 Å². The monoisotopic (exact) mass is 359 g/mol. The molecule has 1 heterocycles. The van der Waals surface area contributed by atoms with Crippen molar-refractivity contribution in [3.8, 4) is 6.07 Å². The molecule has 1 aromatic rings. The molecule has 0 unspecified atom stereocenters. The maximum atomic E-state index is 12.3. The number of nitriles is 1. The van der Waals surface area contributed by atoms with E-state index in [1.54, 1.807) is 17.7 Å². The van der Waals surface area contributed by atoms with Crippen LogP contribution in [-0.2, 0) is 11.3 Å². The first-order chi connectivity index (χ1) is 12.1. The number of nitrogens with one attached hydrogen (secondary N) is 1. The zero-order chi connectivity index (χ0) is 18.1. The van der Waals surface area contributed by atoms with E-state index in [1.165, 1.54) is 16.6 Å². The van der Waals surface area contributed by atoms with Crippen LogP contribution < -0.4 is 5.32 Å². The van der Waals surface area contributed by atoms with Crippen LogP contribution in [0.4, 0.5) is 0 Å². The summed E-state index contributed by atoms with van der Waals surface area (Å²) < 4.78 is 0. The number of hydrogen-bond acceptors (Lipinski definition) is 5. The van der Waals surface area contributed by atoms with Crippen molar-refractivity contribution in [3.63, 3.8) is 0 Å². The van der Waals surface area contributed by atoms with Gasteiger partial charge in [0.1, 0.15) is 12.2 Å². The zero-order valence-electron chi connectivity index (χ0n) is 14.8. The van der Waals surface area contributed by atoms with Crippen molar-refractivity contribution < 1.29 is 4.79 Å². The summed E-state index contributed by atoms with van der Waals surface area (Å²) in [6, 6.07) is 1.87. The molecule has 1 aliphatic carbocycles. The predicted octanol–water partition coefficient (Wildman–Crippen LogP) is 3.57. The van der Waals surface area contributed by atoms with E-state index in [2.05, 4.69) is 22.4 Å². The third kappa shape index (κ3) is 6.05. The molecule has 0 spiro atoms. The van der Waals surface area contributed by atoms with E-state index in [0.29, 0.717) is 5.92 Å². The second-order valence-electron chi connectivity index (χ2n) is 6.37. The van der Waals surface area contributed by atoms with Gasteiger partial charge in [-0.05, 0) is 42.4 Å². The van der Waals surface area contributed by atoms with Gasteiger partial charge >= 0.3 is 0 Å². The van der Waals surface area contributed by atoms with Crippen LogP contribution in [0.3, 0.4) is 0 Å². The maximum absolute atomic E-state index is 12.3. The van der Waals surface area contributed by atoms with Crippen molar-refractivity contribution >= 4 is 17.7 Å². The van der Waals surface area contributed by atoms with Gasteiger partial charge in [0.2, 0.25) is 5.91 Å². The topological polar surface area (TPSA) is 83.6 Å². The summed E-state index contributed by atoms with van der Waals surface area (Å²) in [6.45, 7) is 4.32. The Hall–Kier alpha value is -2.07. The quantitative estimate of drug-likeness (QED) is 0.753. The van der Waals surface area contributed by atoms with Crippen molar-refractivity contribution in [1.29, 1.82) is 5.26 Å². The minimum absolute atomic E-state index is 0.113. The predicted molar refractivity (Wildman–Crippen MR) is 99.2 cm³/mol. The number of hydrogen-bond donors (Lipinski definition) is 1. The number of nitrogens with zero attached hydrogens (tertiary/aromatic N) is 4. The summed E-state index contributed by atoms with van der Waals surface area (Å²) in [7, 11) is 0. The summed E-state index contributed by atoms with van der Waals surface area (Å²) in [4.78, 5) is 13.7. The van der Waals surface area contributed by atoms with Gasteiger partial charge in [-0.1, -0.05) is 25.8 Å². The number of allylic oxidation sites excluding steroid dienone is 1. The lowest BCUT2D eigenvalue weighted by molar-refractivity contribution is -0.117. The summed E-state index contributed by atoms with van der Waals surface area (Å²) in [5, 5.41) is 24.1. The molecule has 7 heteroatoms. The molecule has 1 amide bonds. The normalized spacial score (nSPS) is 22.1. The van der Waals surface area contributed by atoms with E-state index in [4.69, 9.17) is 5.26 Å². The molecule has 1 N–H and O–H groups in total. The molecule has 0 aromatic carbocycles. The standard InChI is InChI=1S/C18H25N5OS/c1-3-11-25-12-8-17(24)21-18(15-6-4-14(2)5-7-15)16-13-20-23(22-16)10-9-19/h3,8,11-15,18H,4-7,10H2,1-2H3,(H,21,24)/b11-3-,12-8+/t14?,15?,18-/m0/s1. The van der Waals surface area contributed by atoms with Gasteiger partial charge in [0.05, 0.1) is 18.3 Å². The first-order valence-corrected chi connectivity index (χ1v) is 9.59. The average Bonchev–Trinajstić information content (AvgIpc) is 3.06. The van der Waals surface area contributed by atoms with Crippen molar-refractivity contribution in [2.45, 2.75) is 52.1 Å². The Bertz CT molecular complexity index is 653. The van der Waals surface area contributed by atoms with Crippen LogP contribution in [-0.4, -0.2) is 20.9 Å². The van der Waals surface area contributed by atoms with Gasteiger partial charge in [-0.3, -0.25) is 4.79 Å². The second kappa shape index (κ2) is 10.0. The molecule has 0 bridgehead atoms. The van der Waals surface area contributed by atoms with Crippen LogP contribution in [0.1, 0.15) is 51.3 Å². The minimum Gasteiger partial charge on any atom is -0.344 e. The fraction of sp³-hybridized carbons (Fsp3) is 0.556. The number of thioether (sulfide) groups is 1. The lowest BCUT2D eigenvalue weighted by atomic mass is 9.78. The van der Waals surface area contributed by atoms with Gasteiger partial charge < -0.3 is 5.32 Å². The van der Waals surface area contributed by atoms with Crippen LogP contribution >= 0.6 is 11.8 Å². The number of carbonyl (C=O) groups excluding carboxylic acids is 1. The Kier molecular flexibility index (Phi) is 7.74. The smallest absolute Gasteiger partial charge is 0.245 e. The molecule has 1 aromatic heterocycles. The Morgan fingerprint density at radius 2 is 2.24 bits per heavy atom. The molecule has 0 saturated heterocycles. The van der Waals surface area contributed by atoms with Gasteiger partial charge in [0.15, 0.2) is 0 Å². The molecule has 1 atom stereocenters. The highest BCUT2D eigenvalue weighted by Gasteiger charge is 2.30. The Morgan fingerprint density at radius 1 is 1.48 bits per heavy atom. The van der Waals surface area contributed by atoms with Crippen LogP contribution in [0.25, 0.3) is 0 Å². The molecule has 1 saturated carbocycles. The number of amides is 1. The molecule has 134 valence electrons. The zero-order valence-corrected chi connectivity index (χ0v) is 15.6. The maximum Gasteiger partial charge on any atom is 0.245 e. The van der Waals surface area contributed by atoms with Crippen molar-refractivity contribution in [2.24, 2.45) is 11.8 Å². The SMILES string of the molecule is C/C=C\S/C=C/C(=O)N[C@H](c1cnn(CC#N)n1)C1CCC(C)CC1. The van der Waals surface area contributed by atoms with Gasteiger partial charge in [0.25, 0.3) is 0 Å². The fourth-order valence-corrected chi connectivity index (χ4v) is 3.52. The first-order valence-electron chi connectivity index (χ1n) is 8.64. The Labute approximate surface area is 153 Å². The molecule has 1 aliphatic rings. The van der Waals surface area contributed by atoms with Gasteiger partial charge in [-0.15, -0.1) is 11.8 Å². The number of aromatic nitrogens is 3. The molecule has 2 rings (SSSR count).